The number of carbonyl (C=O) groups excluding carboxylic acids is 2. The highest BCUT2D eigenvalue weighted by Gasteiger charge is 2.30. The molecule has 1 saturated carbocycles. The molecular weight excluding hydrogens is 280 g/mol. The van der Waals surface area contributed by atoms with E-state index in [0.717, 1.165) is 18.6 Å². The van der Waals surface area contributed by atoms with Crippen LogP contribution in [0.15, 0.2) is 24.3 Å². The normalized spacial score (nSPS) is 22.0. The minimum Gasteiger partial charge on any atom is -0.490 e. The summed E-state index contributed by atoms with van der Waals surface area (Å²) in [6.45, 7) is 1.02. The minimum absolute atomic E-state index is 0.0452. The Labute approximate surface area is 130 Å². The Morgan fingerprint density at radius 1 is 1.09 bits per heavy atom. The molecule has 1 saturated heterocycles. The lowest BCUT2D eigenvalue weighted by Crippen LogP contribution is -2.31. The van der Waals surface area contributed by atoms with Crippen molar-refractivity contribution in [1.82, 2.24) is 4.90 Å². The van der Waals surface area contributed by atoms with Crippen molar-refractivity contribution in [2.24, 2.45) is 11.7 Å². The van der Waals surface area contributed by atoms with Gasteiger partial charge in [0.2, 0.25) is 5.91 Å². The van der Waals surface area contributed by atoms with Gasteiger partial charge in [0.15, 0.2) is 0 Å². The van der Waals surface area contributed by atoms with E-state index in [1.807, 2.05) is 12.1 Å². The Hall–Kier alpha value is -2.04. The first-order chi connectivity index (χ1) is 10.6. The predicted octanol–water partition coefficient (Wildman–Crippen LogP) is 1.96. The van der Waals surface area contributed by atoms with E-state index in [2.05, 4.69) is 0 Å². The van der Waals surface area contributed by atoms with Crippen molar-refractivity contribution in [3.8, 4) is 5.75 Å². The van der Waals surface area contributed by atoms with Gasteiger partial charge in [-0.3, -0.25) is 9.59 Å². The van der Waals surface area contributed by atoms with E-state index in [4.69, 9.17) is 10.5 Å². The average molecular weight is 302 g/mol. The quantitative estimate of drug-likeness (QED) is 0.924. The second-order valence-corrected chi connectivity index (χ2v) is 6.19. The third-order valence-electron chi connectivity index (χ3n) is 4.58. The van der Waals surface area contributed by atoms with Crippen molar-refractivity contribution >= 4 is 11.8 Å². The van der Waals surface area contributed by atoms with Crippen molar-refractivity contribution in [3.05, 3.63) is 29.8 Å². The lowest BCUT2D eigenvalue weighted by molar-refractivity contribution is -0.121. The van der Waals surface area contributed by atoms with Gasteiger partial charge in [0.1, 0.15) is 5.75 Å². The molecule has 0 aromatic heterocycles. The second kappa shape index (κ2) is 6.38. The van der Waals surface area contributed by atoms with E-state index in [1.165, 1.54) is 12.8 Å². The molecule has 1 atom stereocenters. The topological polar surface area (TPSA) is 72.6 Å². The fraction of sp³-hybridized carbons (Fsp3) is 0.529. The van der Waals surface area contributed by atoms with Gasteiger partial charge in [-0.15, -0.1) is 0 Å². The SMILES string of the molecule is NC(=O)C1CCN(C(=O)c2ccc(OC3CCCC3)cc2)C1. The lowest BCUT2D eigenvalue weighted by Gasteiger charge is -2.17. The monoisotopic (exact) mass is 302 g/mol. The van der Waals surface area contributed by atoms with Crippen LogP contribution < -0.4 is 10.5 Å². The molecule has 1 aliphatic heterocycles. The van der Waals surface area contributed by atoms with Crippen molar-refractivity contribution in [2.45, 2.75) is 38.2 Å². The summed E-state index contributed by atoms with van der Waals surface area (Å²) >= 11 is 0. The zero-order chi connectivity index (χ0) is 15.5. The van der Waals surface area contributed by atoms with Gasteiger partial charge < -0.3 is 15.4 Å². The fourth-order valence-corrected chi connectivity index (χ4v) is 3.23. The van der Waals surface area contributed by atoms with Gasteiger partial charge in [0, 0.05) is 18.7 Å². The molecule has 0 radical (unpaired) electrons. The molecule has 2 amide bonds. The lowest BCUT2D eigenvalue weighted by atomic mass is 10.1. The van der Waals surface area contributed by atoms with Gasteiger partial charge in [-0.2, -0.15) is 0 Å². The summed E-state index contributed by atoms with van der Waals surface area (Å²) in [6.07, 6.45) is 5.67. The van der Waals surface area contributed by atoms with E-state index in [-0.39, 0.29) is 17.7 Å². The summed E-state index contributed by atoms with van der Waals surface area (Å²) in [4.78, 5) is 25.3. The molecule has 2 N–H and O–H groups in total. The van der Waals surface area contributed by atoms with Crippen LogP contribution in [0.5, 0.6) is 5.75 Å². The Bertz CT molecular complexity index is 550. The highest BCUT2D eigenvalue weighted by Crippen LogP contribution is 2.25. The molecule has 22 heavy (non-hydrogen) atoms. The zero-order valence-corrected chi connectivity index (χ0v) is 12.7. The smallest absolute Gasteiger partial charge is 0.253 e. The fourth-order valence-electron chi connectivity index (χ4n) is 3.23. The number of ether oxygens (including phenoxy) is 1. The summed E-state index contributed by atoms with van der Waals surface area (Å²) in [5, 5.41) is 0. The maximum Gasteiger partial charge on any atom is 0.253 e. The molecule has 3 rings (SSSR count). The Morgan fingerprint density at radius 2 is 1.77 bits per heavy atom. The summed E-state index contributed by atoms with van der Waals surface area (Å²) in [5.41, 5.74) is 5.93. The van der Waals surface area contributed by atoms with Crippen LogP contribution in [0.4, 0.5) is 0 Å². The largest absolute Gasteiger partial charge is 0.490 e. The number of rotatable bonds is 4. The summed E-state index contributed by atoms with van der Waals surface area (Å²) in [6, 6.07) is 7.30. The molecule has 5 heteroatoms. The van der Waals surface area contributed by atoms with Gasteiger partial charge in [-0.25, -0.2) is 0 Å². The molecule has 1 heterocycles. The number of hydrogen-bond donors (Lipinski definition) is 1. The summed E-state index contributed by atoms with van der Waals surface area (Å²) in [7, 11) is 0. The van der Waals surface area contributed by atoms with Crippen LogP contribution in [0.1, 0.15) is 42.5 Å². The van der Waals surface area contributed by atoms with Gasteiger partial charge in [0.05, 0.1) is 12.0 Å². The number of nitrogens with zero attached hydrogens (tertiary/aromatic N) is 1. The van der Waals surface area contributed by atoms with Crippen LogP contribution >= 0.6 is 0 Å². The van der Waals surface area contributed by atoms with E-state index in [9.17, 15) is 9.59 Å². The highest BCUT2D eigenvalue weighted by atomic mass is 16.5. The Kier molecular flexibility index (Phi) is 4.32. The standard InChI is InChI=1S/C17H22N2O3/c18-16(20)13-9-10-19(11-13)17(21)12-5-7-15(8-6-12)22-14-3-1-2-4-14/h5-8,13-14H,1-4,9-11H2,(H2,18,20). The first kappa shape index (κ1) is 14.9. The number of carbonyl (C=O) groups is 2. The second-order valence-electron chi connectivity index (χ2n) is 6.19. The molecule has 2 fully saturated rings. The molecular formula is C17H22N2O3. The van der Waals surface area contributed by atoms with Crippen LogP contribution in [0.3, 0.4) is 0 Å². The first-order valence-corrected chi connectivity index (χ1v) is 7.99. The number of primary amides is 1. The minimum atomic E-state index is -0.324. The maximum absolute atomic E-state index is 12.4. The van der Waals surface area contributed by atoms with Gasteiger partial charge >= 0.3 is 0 Å². The van der Waals surface area contributed by atoms with Crippen molar-refractivity contribution in [2.75, 3.05) is 13.1 Å². The third kappa shape index (κ3) is 3.24. The Balaban J connectivity index is 1.60. The number of benzene rings is 1. The van der Waals surface area contributed by atoms with Crippen LogP contribution in [-0.4, -0.2) is 35.9 Å². The molecule has 1 aliphatic carbocycles. The molecule has 0 spiro atoms. The predicted molar refractivity (Wildman–Crippen MR) is 82.5 cm³/mol. The molecule has 0 bridgehead atoms. The molecule has 1 aromatic rings. The third-order valence-corrected chi connectivity index (χ3v) is 4.58. The van der Waals surface area contributed by atoms with E-state index in [1.54, 1.807) is 17.0 Å². The molecule has 2 aliphatic rings. The Morgan fingerprint density at radius 3 is 2.36 bits per heavy atom. The number of nitrogens with two attached hydrogens (primary N) is 1. The molecule has 118 valence electrons. The summed E-state index contributed by atoms with van der Waals surface area (Å²) < 4.78 is 5.90. The van der Waals surface area contributed by atoms with Crippen molar-refractivity contribution < 1.29 is 14.3 Å². The van der Waals surface area contributed by atoms with E-state index < -0.39 is 0 Å². The van der Waals surface area contributed by atoms with Gasteiger partial charge in [-0.1, -0.05) is 0 Å². The highest BCUT2D eigenvalue weighted by molar-refractivity contribution is 5.95. The number of likely N-dealkylation sites (tertiary alicyclic amines) is 1. The van der Waals surface area contributed by atoms with E-state index in [0.29, 0.717) is 31.2 Å². The van der Waals surface area contributed by atoms with Crippen LogP contribution in [0, 0.1) is 5.92 Å². The molecule has 1 aromatic carbocycles. The van der Waals surface area contributed by atoms with Crippen LogP contribution in [0.2, 0.25) is 0 Å². The number of hydrogen-bond acceptors (Lipinski definition) is 3. The van der Waals surface area contributed by atoms with Crippen molar-refractivity contribution in [3.63, 3.8) is 0 Å². The van der Waals surface area contributed by atoms with Crippen LogP contribution in [-0.2, 0) is 4.79 Å². The maximum atomic E-state index is 12.4. The zero-order valence-electron chi connectivity index (χ0n) is 12.7. The average Bonchev–Trinajstić information content (AvgIpc) is 3.18. The first-order valence-electron chi connectivity index (χ1n) is 7.99. The van der Waals surface area contributed by atoms with E-state index >= 15 is 0 Å². The summed E-state index contributed by atoms with van der Waals surface area (Å²) in [5.74, 6) is 0.237. The van der Waals surface area contributed by atoms with Gasteiger partial charge in [-0.05, 0) is 56.4 Å². The van der Waals surface area contributed by atoms with Crippen LogP contribution in [0.25, 0.3) is 0 Å². The van der Waals surface area contributed by atoms with Crippen molar-refractivity contribution in [1.29, 1.82) is 0 Å². The van der Waals surface area contributed by atoms with Gasteiger partial charge in [0.25, 0.3) is 5.91 Å². The molecule has 5 nitrogen and oxygen atoms in total. The molecule has 1 unspecified atom stereocenters. The number of amides is 2.